The van der Waals surface area contributed by atoms with Crippen molar-refractivity contribution in [3.8, 4) is 0 Å². The van der Waals surface area contributed by atoms with E-state index in [9.17, 15) is 9.13 Å². The summed E-state index contributed by atoms with van der Waals surface area (Å²) in [7, 11) is -6.30. The Balaban J connectivity index is 2.47. The predicted molar refractivity (Wildman–Crippen MR) is 18.5 cm³/mol. The SMILES string of the molecule is O=P12OP(=O)(O1)O2. The van der Waals surface area contributed by atoms with Crippen molar-refractivity contribution < 1.29 is 22.1 Å². The van der Waals surface area contributed by atoms with E-state index in [1.54, 1.807) is 0 Å². The first-order valence-corrected chi connectivity index (χ1v) is 4.38. The van der Waals surface area contributed by atoms with Gasteiger partial charge in [0.15, 0.2) is 0 Å². The van der Waals surface area contributed by atoms with E-state index in [1.165, 1.54) is 0 Å². The summed E-state index contributed by atoms with van der Waals surface area (Å²) in [5.41, 5.74) is 0. The zero-order valence-electron chi connectivity index (χ0n) is 2.94. The van der Waals surface area contributed by atoms with Gasteiger partial charge in [0.05, 0.1) is 0 Å². The Morgan fingerprint density at radius 2 is 1.14 bits per heavy atom. The van der Waals surface area contributed by atoms with Gasteiger partial charge in [-0.3, -0.25) is 0 Å². The van der Waals surface area contributed by atoms with Crippen molar-refractivity contribution in [3.63, 3.8) is 0 Å². The van der Waals surface area contributed by atoms with Crippen molar-refractivity contribution >= 4 is 15.6 Å². The summed E-state index contributed by atoms with van der Waals surface area (Å²) in [5.74, 6) is 0. The fraction of sp³-hybridized carbons (Fsp3) is 0. The van der Waals surface area contributed by atoms with Crippen LogP contribution in [0.4, 0.5) is 0 Å². The minimum Gasteiger partial charge on any atom is -0.226 e. The van der Waals surface area contributed by atoms with E-state index in [-0.39, 0.29) is 0 Å². The van der Waals surface area contributed by atoms with E-state index in [1.807, 2.05) is 0 Å². The van der Waals surface area contributed by atoms with Crippen LogP contribution in [0.1, 0.15) is 0 Å². The van der Waals surface area contributed by atoms with Crippen molar-refractivity contribution in [2.24, 2.45) is 0 Å². The van der Waals surface area contributed by atoms with Crippen LogP contribution in [0.15, 0.2) is 0 Å². The Hall–Kier alpha value is 0.340. The van der Waals surface area contributed by atoms with E-state index in [0.29, 0.717) is 0 Å². The Kier molecular flexibility index (Phi) is 0.466. The maximum atomic E-state index is 10.1. The molecule has 5 nitrogen and oxygen atoms in total. The summed E-state index contributed by atoms with van der Waals surface area (Å²) in [6, 6.07) is 0. The molecule has 3 rings (SSSR count). The highest BCUT2D eigenvalue weighted by Crippen LogP contribution is 2.99. The van der Waals surface area contributed by atoms with E-state index in [4.69, 9.17) is 0 Å². The summed E-state index contributed by atoms with van der Waals surface area (Å²) in [6.45, 7) is 0. The molecule has 0 amide bonds. The first-order chi connectivity index (χ1) is 3.12. The maximum absolute atomic E-state index is 10.1. The highest BCUT2D eigenvalue weighted by Gasteiger charge is 2.73. The Morgan fingerprint density at radius 3 is 1.14 bits per heavy atom. The van der Waals surface area contributed by atoms with Gasteiger partial charge in [-0.1, -0.05) is 0 Å². The van der Waals surface area contributed by atoms with Gasteiger partial charge in [-0.25, -0.2) is 9.13 Å². The van der Waals surface area contributed by atoms with Crippen LogP contribution in [0, 0.1) is 0 Å². The van der Waals surface area contributed by atoms with Crippen LogP contribution in [0.5, 0.6) is 0 Å². The topological polar surface area (TPSA) is 61.8 Å². The lowest BCUT2D eigenvalue weighted by molar-refractivity contribution is 0.0886. The van der Waals surface area contributed by atoms with Gasteiger partial charge in [0.1, 0.15) is 0 Å². The molecule has 3 heterocycles. The zero-order valence-corrected chi connectivity index (χ0v) is 4.72. The molecule has 0 aromatic rings. The molecule has 0 aliphatic carbocycles. The van der Waals surface area contributed by atoms with E-state index >= 15 is 0 Å². The molecule has 7 heavy (non-hydrogen) atoms. The van der Waals surface area contributed by atoms with Gasteiger partial charge >= 0.3 is 15.6 Å². The van der Waals surface area contributed by atoms with Crippen LogP contribution in [-0.2, 0) is 22.1 Å². The molecule has 0 N–H and O–H groups in total. The van der Waals surface area contributed by atoms with Crippen molar-refractivity contribution in [2.45, 2.75) is 0 Å². The van der Waals surface area contributed by atoms with Gasteiger partial charge in [0.25, 0.3) is 0 Å². The summed E-state index contributed by atoms with van der Waals surface area (Å²) in [5, 5.41) is 0. The second kappa shape index (κ2) is 0.768. The lowest BCUT2D eigenvalue weighted by Crippen LogP contribution is -2.20. The molecule has 2 bridgehead atoms. The largest absolute Gasteiger partial charge is 0.501 e. The number of hydrogen-bond acceptors (Lipinski definition) is 5. The van der Waals surface area contributed by atoms with Crippen LogP contribution in [0.2, 0.25) is 0 Å². The maximum Gasteiger partial charge on any atom is 0.501 e. The predicted octanol–water partition coefficient (Wildman–Crippen LogP) is 1.28. The molecule has 0 aromatic heterocycles. The minimum absolute atomic E-state index is 3.15. The fourth-order valence-electron chi connectivity index (χ4n) is 0.386. The number of hydrogen-bond donors (Lipinski definition) is 0. The molecule has 0 saturated carbocycles. The minimum atomic E-state index is -3.15. The monoisotopic (exact) mass is 142 g/mol. The van der Waals surface area contributed by atoms with Crippen molar-refractivity contribution in [1.82, 2.24) is 0 Å². The van der Waals surface area contributed by atoms with E-state index in [2.05, 4.69) is 12.9 Å². The summed E-state index contributed by atoms with van der Waals surface area (Å²) in [6.07, 6.45) is 0. The summed E-state index contributed by atoms with van der Waals surface area (Å²) in [4.78, 5) is 0. The first-order valence-electron chi connectivity index (χ1n) is 1.46. The molecule has 40 valence electrons. The summed E-state index contributed by atoms with van der Waals surface area (Å²) >= 11 is 0. The second-order valence-electron chi connectivity index (χ2n) is 1.14. The molecule has 3 fully saturated rings. The third-order valence-corrected chi connectivity index (χ3v) is 5.40. The first kappa shape index (κ1) is 4.24. The highest BCUT2D eigenvalue weighted by atomic mass is 31.4. The molecule has 0 radical (unpaired) electrons. The normalized spacial score (nSPS) is 65.7. The van der Waals surface area contributed by atoms with Gasteiger partial charge in [-0.2, -0.15) is 12.9 Å². The molecule has 7 heteroatoms. The van der Waals surface area contributed by atoms with Crippen LogP contribution < -0.4 is 0 Å². The van der Waals surface area contributed by atoms with Gasteiger partial charge in [0.2, 0.25) is 0 Å². The van der Waals surface area contributed by atoms with Crippen LogP contribution in [-0.4, -0.2) is 0 Å². The molecule has 0 aromatic carbocycles. The average molecular weight is 142 g/mol. The number of phosphoric acid groups is 2. The lowest BCUT2D eigenvalue weighted by atomic mass is 15.6. The lowest BCUT2D eigenvalue weighted by Gasteiger charge is -2.41. The van der Waals surface area contributed by atoms with Crippen molar-refractivity contribution in [3.05, 3.63) is 0 Å². The fourth-order valence-corrected chi connectivity index (χ4v) is 3.47. The van der Waals surface area contributed by atoms with E-state index < -0.39 is 15.6 Å². The molecule has 0 spiro atoms. The van der Waals surface area contributed by atoms with Crippen molar-refractivity contribution in [2.75, 3.05) is 0 Å². The van der Waals surface area contributed by atoms with Crippen LogP contribution in [0.3, 0.4) is 0 Å². The van der Waals surface area contributed by atoms with Crippen LogP contribution in [0.25, 0.3) is 0 Å². The third kappa shape index (κ3) is 0.355. The molecule has 0 atom stereocenters. The Morgan fingerprint density at radius 1 is 0.857 bits per heavy atom. The molecular formula is O5P2. The molecular weight excluding hydrogens is 142 g/mol. The number of rotatable bonds is 0. The molecule has 3 aliphatic heterocycles. The highest BCUT2D eigenvalue weighted by molar-refractivity contribution is 7.87. The smallest absolute Gasteiger partial charge is 0.226 e. The zero-order chi connectivity index (χ0) is 5.12. The Bertz CT molecular complexity index is 149. The van der Waals surface area contributed by atoms with Crippen molar-refractivity contribution in [1.29, 1.82) is 0 Å². The Labute approximate surface area is 38.8 Å². The van der Waals surface area contributed by atoms with Gasteiger partial charge < -0.3 is 0 Å². The molecule has 0 unspecified atom stereocenters. The molecule has 3 aliphatic rings. The third-order valence-electron chi connectivity index (χ3n) is 0.600. The quantitative estimate of drug-likeness (QED) is 0.476. The van der Waals surface area contributed by atoms with E-state index in [0.717, 1.165) is 0 Å². The second-order valence-corrected chi connectivity index (χ2v) is 4.89. The standard InChI is InChI=1S/O5P2/c1-6-3-7(2,4-6)5-6. The average Bonchev–Trinajstić information content (AvgIpc) is 1.27. The van der Waals surface area contributed by atoms with Crippen LogP contribution >= 0.6 is 15.6 Å². The van der Waals surface area contributed by atoms with Gasteiger partial charge in [-0.15, -0.1) is 0 Å². The van der Waals surface area contributed by atoms with Gasteiger partial charge in [-0.05, 0) is 0 Å². The molecule has 3 saturated heterocycles. The van der Waals surface area contributed by atoms with Gasteiger partial charge in [0, 0.05) is 0 Å². The summed E-state index contributed by atoms with van der Waals surface area (Å²) < 4.78 is 32.4.